The number of nitrogens with one attached hydrogen (secondary N) is 1. The lowest BCUT2D eigenvalue weighted by atomic mass is 10.0. The maximum Gasteiger partial charge on any atom is 0.472 e. The molecule has 4 N–H and O–H groups in total. The number of amides is 1. The molecule has 0 heterocycles. The molecule has 3 unspecified atom stereocenters. The normalized spacial score (nSPS) is 13.5. The van der Waals surface area contributed by atoms with Crippen molar-refractivity contribution in [1.29, 1.82) is 0 Å². The Morgan fingerprint density at radius 1 is 0.463 bits per heavy atom. The predicted octanol–water partition coefficient (Wildman–Crippen LogP) is 16.0. The number of hydrogen-bond acceptors (Lipinski definition) is 8. The zero-order chi connectivity index (χ0) is 49.2. The number of aliphatic carboxylic acids is 1. The molecular formula is C55H106NO10P. The Labute approximate surface area is 411 Å². The predicted molar refractivity (Wildman–Crippen MR) is 277 cm³/mol. The smallest absolute Gasteiger partial charge is 0.472 e. The lowest BCUT2D eigenvalue weighted by Crippen LogP contribution is -2.43. The number of carbonyl (C=O) groups is 3. The minimum atomic E-state index is -4.76. The van der Waals surface area contributed by atoms with Crippen molar-refractivity contribution >= 4 is 25.7 Å². The topological polar surface area (TPSA) is 169 Å². The van der Waals surface area contributed by atoms with Crippen LogP contribution in [0.4, 0.5) is 0 Å². The fourth-order valence-corrected chi connectivity index (χ4v) is 9.20. The summed E-state index contributed by atoms with van der Waals surface area (Å²) in [6.07, 6.45) is 55.2. The first kappa shape index (κ1) is 65.2. The van der Waals surface area contributed by atoms with E-state index in [-0.39, 0.29) is 12.8 Å². The van der Waals surface area contributed by atoms with Crippen LogP contribution in [0.5, 0.6) is 0 Å². The van der Waals surface area contributed by atoms with Crippen molar-refractivity contribution in [3.63, 3.8) is 0 Å². The molecule has 396 valence electrons. The Kier molecular flexibility index (Phi) is 49.3. The second-order valence-corrected chi connectivity index (χ2v) is 20.9. The first-order valence-corrected chi connectivity index (χ1v) is 29.7. The summed E-state index contributed by atoms with van der Waals surface area (Å²) in [6.45, 7) is 2.66. The van der Waals surface area contributed by atoms with Gasteiger partial charge >= 0.3 is 19.8 Å². The molecule has 0 bridgehead atoms. The van der Waals surface area contributed by atoms with Crippen LogP contribution >= 0.6 is 7.82 Å². The SMILES string of the molecule is CCCCCCCC/C=C/CCCCCCCCCCCCCC(=O)OCC(O)COP(=O)(O)OCC(NC(=O)CCCCCCCCCCCCCCCCCCCCCCCC)C(=O)O. The summed E-state index contributed by atoms with van der Waals surface area (Å²) in [5.74, 6) is -2.35. The van der Waals surface area contributed by atoms with Crippen molar-refractivity contribution < 1.29 is 47.8 Å². The summed E-state index contributed by atoms with van der Waals surface area (Å²) in [6, 6.07) is -1.54. The maximum atomic E-state index is 12.4. The molecule has 3 atom stereocenters. The van der Waals surface area contributed by atoms with Gasteiger partial charge in [-0.2, -0.15) is 0 Å². The van der Waals surface area contributed by atoms with E-state index in [4.69, 9.17) is 13.8 Å². The van der Waals surface area contributed by atoms with Crippen molar-refractivity contribution in [2.45, 2.75) is 302 Å². The second kappa shape index (κ2) is 50.6. The molecule has 0 rings (SSSR count). The quantitative estimate of drug-likeness (QED) is 0.0199. The number of carbonyl (C=O) groups excluding carboxylic acids is 2. The molecule has 0 aromatic heterocycles. The molecule has 0 spiro atoms. The fraction of sp³-hybridized carbons (Fsp3) is 0.909. The van der Waals surface area contributed by atoms with Gasteiger partial charge in [0.2, 0.25) is 5.91 Å². The molecule has 0 aliphatic rings. The van der Waals surface area contributed by atoms with Crippen LogP contribution in [-0.2, 0) is 32.7 Å². The van der Waals surface area contributed by atoms with Crippen LogP contribution in [0.25, 0.3) is 0 Å². The molecule has 0 aromatic carbocycles. The third-order valence-corrected chi connectivity index (χ3v) is 13.8. The van der Waals surface area contributed by atoms with Gasteiger partial charge in [0.05, 0.1) is 13.2 Å². The van der Waals surface area contributed by atoms with Gasteiger partial charge in [0, 0.05) is 12.8 Å². The number of aliphatic hydroxyl groups is 1. The molecule has 12 heteroatoms. The number of hydrogen-bond donors (Lipinski definition) is 4. The number of phosphoric ester groups is 1. The monoisotopic (exact) mass is 972 g/mol. The van der Waals surface area contributed by atoms with Gasteiger partial charge in [-0.3, -0.25) is 18.6 Å². The Hall–Kier alpha value is -1.78. The molecule has 0 radical (unpaired) electrons. The molecular weight excluding hydrogens is 866 g/mol. The van der Waals surface area contributed by atoms with Gasteiger partial charge in [0.25, 0.3) is 0 Å². The van der Waals surface area contributed by atoms with Gasteiger partial charge in [-0.1, -0.05) is 251 Å². The maximum absolute atomic E-state index is 12.4. The number of phosphoric acid groups is 1. The summed E-state index contributed by atoms with van der Waals surface area (Å²) in [5.41, 5.74) is 0. The van der Waals surface area contributed by atoms with Crippen LogP contribution in [0, 0.1) is 0 Å². The van der Waals surface area contributed by atoms with Crippen molar-refractivity contribution in [2.75, 3.05) is 19.8 Å². The minimum absolute atomic E-state index is 0.152. The van der Waals surface area contributed by atoms with Crippen molar-refractivity contribution in [2.24, 2.45) is 0 Å². The summed E-state index contributed by atoms with van der Waals surface area (Å²) in [7, 11) is -4.76. The Morgan fingerprint density at radius 3 is 1.13 bits per heavy atom. The van der Waals surface area contributed by atoms with Crippen molar-refractivity contribution in [3.8, 4) is 0 Å². The first-order chi connectivity index (χ1) is 32.6. The number of esters is 1. The number of ether oxygens (including phenoxy) is 1. The van der Waals surface area contributed by atoms with E-state index in [9.17, 15) is 34.1 Å². The largest absolute Gasteiger partial charge is 0.480 e. The van der Waals surface area contributed by atoms with Gasteiger partial charge in [0.15, 0.2) is 6.04 Å². The van der Waals surface area contributed by atoms with E-state index in [0.717, 1.165) is 38.5 Å². The van der Waals surface area contributed by atoms with Gasteiger partial charge in [-0.05, 0) is 38.5 Å². The molecule has 0 saturated carbocycles. The van der Waals surface area contributed by atoms with Crippen LogP contribution in [0.3, 0.4) is 0 Å². The van der Waals surface area contributed by atoms with E-state index in [1.54, 1.807) is 0 Å². The van der Waals surface area contributed by atoms with Crippen molar-refractivity contribution in [1.82, 2.24) is 5.32 Å². The van der Waals surface area contributed by atoms with E-state index in [1.165, 1.54) is 212 Å². The van der Waals surface area contributed by atoms with Gasteiger partial charge in [0.1, 0.15) is 12.7 Å². The number of carboxylic acids is 1. The van der Waals surface area contributed by atoms with Crippen molar-refractivity contribution in [3.05, 3.63) is 12.2 Å². The average Bonchev–Trinajstić information content (AvgIpc) is 3.31. The highest BCUT2D eigenvalue weighted by molar-refractivity contribution is 7.47. The second-order valence-electron chi connectivity index (χ2n) is 19.5. The van der Waals surface area contributed by atoms with E-state index in [1.807, 2.05) is 0 Å². The Bertz CT molecular complexity index is 1190. The average molecular weight is 972 g/mol. The Morgan fingerprint density at radius 2 is 0.776 bits per heavy atom. The molecule has 11 nitrogen and oxygen atoms in total. The molecule has 0 aromatic rings. The lowest BCUT2D eigenvalue weighted by Gasteiger charge is -2.18. The van der Waals surface area contributed by atoms with Gasteiger partial charge < -0.3 is 25.2 Å². The molecule has 0 fully saturated rings. The number of unbranched alkanes of at least 4 members (excludes halogenated alkanes) is 38. The lowest BCUT2D eigenvalue weighted by molar-refractivity contribution is -0.147. The minimum Gasteiger partial charge on any atom is -0.480 e. The number of rotatable bonds is 54. The Balaban J connectivity index is 3.75. The fourth-order valence-electron chi connectivity index (χ4n) is 8.43. The zero-order valence-electron chi connectivity index (χ0n) is 43.5. The highest BCUT2D eigenvalue weighted by atomic mass is 31.2. The third kappa shape index (κ3) is 50.4. The highest BCUT2D eigenvalue weighted by Gasteiger charge is 2.28. The van der Waals surface area contributed by atoms with E-state index < -0.39 is 57.6 Å². The molecule has 0 aliphatic heterocycles. The first-order valence-electron chi connectivity index (χ1n) is 28.2. The highest BCUT2D eigenvalue weighted by Crippen LogP contribution is 2.43. The van der Waals surface area contributed by atoms with Crippen LogP contribution in [0.1, 0.15) is 290 Å². The van der Waals surface area contributed by atoms with Crippen LogP contribution < -0.4 is 5.32 Å². The van der Waals surface area contributed by atoms with E-state index in [2.05, 4.69) is 31.3 Å². The summed E-state index contributed by atoms with van der Waals surface area (Å²) >= 11 is 0. The van der Waals surface area contributed by atoms with Crippen LogP contribution in [0.2, 0.25) is 0 Å². The number of carboxylic acid groups (broad SMARTS) is 1. The van der Waals surface area contributed by atoms with Crippen LogP contribution in [-0.4, -0.2) is 64.9 Å². The summed E-state index contributed by atoms with van der Waals surface area (Å²) in [4.78, 5) is 46.2. The molecule has 67 heavy (non-hydrogen) atoms. The standard InChI is InChI=1S/C55H106NO10P/c1-3-5-7-9-11-13-15-17-19-21-23-25-27-28-30-32-34-36-38-40-42-44-46-53(58)56-52(55(60)61)50-66-67(62,63)65-49-51(57)48-64-54(59)47-45-43-41-39-37-35-33-31-29-26-24-22-20-18-16-14-12-10-8-6-4-2/h18,20,51-52,57H,3-17,19,21-50H2,1-2H3,(H,56,58)(H,60,61)(H,62,63)/b20-18+. The molecule has 1 amide bonds. The van der Waals surface area contributed by atoms with E-state index in [0.29, 0.717) is 12.8 Å². The van der Waals surface area contributed by atoms with Gasteiger partial charge in [-0.15, -0.1) is 0 Å². The van der Waals surface area contributed by atoms with Crippen LogP contribution in [0.15, 0.2) is 12.2 Å². The molecule has 0 aliphatic carbocycles. The third-order valence-electron chi connectivity index (χ3n) is 12.8. The van der Waals surface area contributed by atoms with Gasteiger partial charge in [-0.25, -0.2) is 9.36 Å². The number of aliphatic hydroxyl groups excluding tert-OH is 1. The summed E-state index contributed by atoms with van der Waals surface area (Å²) in [5, 5.41) is 22.0. The van der Waals surface area contributed by atoms with E-state index >= 15 is 0 Å². The zero-order valence-corrected chi connectivity index (χ0v) is 44.4. The molecule has 0 saturated heterocycles. The summed E-state index contributed by atoms with van der Waals surface area (Å²) < 4.78 is 27.0. The number of allylic oxidation sites excluding steroid dienone is 2.